The Labute approximate surface area is 81.5 Å². The minimum Gasteiger partial charge on any atom is -0.264 e. The van der Waals surface area contributed by atoms with Crippen molar-refractivity contribution >= 4 is 11.6 Å². The van der Waals surface area contributed by atoms with E-state index in [1.165, 1.54) is 0 Å². The minimum absolute atomic E-state index is 0.291. The Bertz CT molecular complexity index is 314. The fourth-order valence-electron chi connectivity index (χ4n) is 1.08. The molecule has 0 N–H and O–H groups in total. The van der Waals surface area contributed by atoms with Crippen molar-refractivity contribution in [3.8, 4) is 0 Å². The fraction of sp³-hybridized carbons (Fsp3) is 0.333. The van der Waals surface area contributed by atoms with E-state index < -0.39 is 6.04 Å². The molecule has 0 unspecified atom stereocenters. The van der Waals surface area contributed by atoms with E-state index in [0.29, 0.717) is 11.4 Å². The van der Waals surface area contributed by atoms with Crippen molar-refractivity contribution < 1.29 is 4.92 Å². The lowest BCUT2D eigenvalue weighted by atomic mass is 10.1. The molecule has 0 spiro atoms. The number of nitro groups is 1. The van der Waals surface area contributed by atoms with Gasteiger partial charge in [-0.3, -0.25) is 10.1 Å². The summed E-state index contributed by atoms with van der Waals surface area (Å²) >= 11 is 5.74. The number of hydrogen-bond donors (Lipinski definition) is 0. The Balaban J connectivity index is 2.69. The van der Waals surface area contributed by atoms with Gasteiger partial charge in [-0.2, -0.15) is 0 Å². The van der Waals surface area contributed by atoms with Gasteiger partial charge in [-0.1, -0.05) is 23.7 Å². The Hall–Kier alpha value is -1.09. The molecular formula is C9H10ClNO2. The number of rotatable bonds is 3. The lowest BCUT2D eigenvalue weighted by molar-refractivity contribution is -0.517. The molecule has 70 valence electrons. The molecule has 0 fully saturated rings. The summed E-state index contributed by atoms with van der Waals surface area (Å²) in [6, 6.07) is 6.58. The van der Waals surface area contributed by atoms with Crippen molar-refractivity contribution in [3.05, 3.63) is 45.0 Å². The topological polar surface area (TPSA) is 43.1 Å². The van der Waals surface area contributed by atoms with Crippen molar-refractivity contribution in [1.29, 1.82) is 0 Å². The summed E-state index contributed by atoms with van der Waals surface area (Å²) in [5.41, 5.74) is 0.900. The molecule has 0 bridgehead atoms. The van der Waals surface area contributed by atoms with Gasteiger partial charge in [0.05, 0.1) is 0 Å². The highest BCUT2D eigenvalue weighted by Gasteiger charge is 2.12. The smallest absolute Gasteiger partial charge is 0.214 e. The Morgan fingerprint density at radius 3 is 2.85 bits per heavy atom. The second kappa shape index (κ2) is 4.23. The second-order valence-electron chi connectivity index (χ2n) is 2.97. The quantitative estimate of drug-likeness (QED) is 0.555. The van der Waals surface area contributed by atoms with E-state index in [-0.39, 0.29) is 4.92 Å². The average Bonchev–Trinajstić information content (AvgIpc) is 2.04. The molecule has 0 aliphatic rings. The van der Waals surface area contributed by atoms with Crippen LogP contribution in [-0.4, -0.2) is 11.0 Å². The predicted octanol–water partition coefficient (Wildman–Crippen LogP) is 2.55. The van der Waals surface area contributed by atoms with Crippen LogP contribution in [0.1, 0.15) is 12.5 Å². The summed E-state index contributed by atoms with van der Waals surface area (Å²) in [5, 5.41) is 11.0. The first-order valence-corrected chi connectivity index (χ1v) is 4.35. The molecule has 0 heterocycles. The van der Waals surface area contributed by atoms with Crippen LogP contribution in [0.25, 0.3) is 0 Å². The molecule has 0 amide bonds. The first-order chi connectivity index (χ1) is 6.09. The average molecular weight is 200 g/mol. The van der Waals surface area contributed by atoms with E-state index >= 15 is 0 Å². The molecule has 0 aliphatic heterocycles. The summed E-state index contributed by atoms with van der Waals surface area (Å²) < 4.78 is 0. The van der Waals surface area contributed by atoms with Gasteiger partial charge < -0.3 is 0 Å². The van der Waals surface area contributed by atoms with Crippen molar-refractivity contribution in [1.82, 2.24) is 0 Å². The molecule has 0 radical (unpaired) electrons. The van der Waals surface area contributed by atoms with Gasteiger partial charge in [0, 0.05) is 23.3 Å². The number of halogens is 1. The zero-order valence-electron chi connectivity index (χ0n) is 7.24. The fourth-order valence-corrected chi connectivity index (χ4v) is 1.29. The van der Waals surface area contributed by atoms with Crippen LogP contribution in [-0.2, 0) is 6.42 Å². The Kier molecular flexibility index (Phi) is 3.25. The maximum atomic E-state index is 10.4. The third-order valence-electron chi connectivity index (χ3n) is 1.78. The molecule has 1 atom stereocenters. The maximum absolute atomic E-state index is 10.4. The number of benzene rings is 1. The molecule has 1 aromatic rings. The van der Waals surface area contributed by atoms with Crippen LogP contribution in [0.5, 0.6) is 0 Å². The molecule has 1 rings (SSSR count). The SMILES string of the molecule is C[C@@H](Cc1cccc(Cl)c1)[N+](=O)[O-]. The van der Waals surface area contributed by atoms with Gasteiger partial charge in [0.1, 0.15) is 0 Å². The summed E-state index contributed by atoms with van der Waals surface area (Å²) in [4.78, 5) is 10.1. The highest BCUT2D eigenvalue weighted by Crippen LogP contribution is 2.12. The predicted molar refractivity (Wildman–Crippen MR) is 51.6 cm³/mol. The van der Waals surface area contributed by atoms with Crippen LogP contribution in [0.4, 0.5) is 0 Å². The standard InChI is InChI=1S/C9H10ClNO2/c1-7(11(12)13)5-8-3-2-4-9(10)6-8/h2-4,6-7H,5H2,1H3/t7-/m0/s1. The highest BCUT2D eigenvalue weighted by atomic mass is 35.5. The van der Waals surface area contributed by atoms with Gasteiger partial charge in [-0.05, 0) is 17.7 Å². The number of nitrogens with zero attached hydrogens (tertiary/aromatic N) is 1. The van der Waals surface area contributed by atoms with Crippen LogP contribution in [0.3, 0.4) is 0 Å². The van der Waals surface area contributed by atoms with Crippen molar-refractivity contribution in [2.45, 2.75) is 19.4 Å². The van der Waals surface area contributed by atoms with E-state index in [2.05, 4.69) is 0 Å². The maximum Gasteiger partial charge on any atom is 0.214 e. The lowest BCUT2D eigenvalue weighted by Gasteiger charge is -2.03. The van der Waals surface area contributed by atoms with E-state index in [1.807, 2.05) is 6.07 Å². The van der Waals surface area contributed by atoms with Crippen molar-refractivity contribution in [3.63, 3.8) is 0 Å². The monoisotopic (exact) mass is 199 g/mol. The molecule has 0 aliphatic carbocycles. The van der Waals surface area contributed by atoms with Gasteiger partial charge in [-0.15, -0.1) is 0 Å². The highest BCUT2D eigenvalue weighted by molar-refractivity contribution is 6.30. The van der Waals surface area contributed by atoms with Crippen LogP contribution in [0, 0.1) is 10.1 Å². The first-order valence-electron chi connectivity index (χ1n) is 3.97. The van der Waals surface area contributed by atoms with Crippen molar-refractivity contribution in [2.24, 2.45) is 0 Å². The third kappa shape index (κ3) is 3.03. The number of hydrogen-bond acceptors (Lipinski definition) is 2. The third-order valence-corrected chi connectivity index (χ3v) is 2.02. The normalized spacial score (nSPS) is 12.5. The van der Waals surface area contributed by atoms with Crippen LogP contribution in [0.2, 0.25) is 5.02 Å². The Morgan fingerprint density at radius 2 is 2.31 bits per heavy atom. The van der Waals surface area contributed by atoms with E-state index in [4.69, 9.17) is 11.6 Å². The van der Waals surface area contributed by atoms with E-state index in [9.17, 15) is 10.1 Å². The molecule has 13 heavy (non-hydrogen) atoms. The summed E-state index contributed by atoms with van der Waals surface area (Å²) in [7, 11) is 0. The largest absolute Gasteiger partial charge is 0.264 e. The molecular weight excluding hydrogens is 190 g/mol. The summed E-state index contributed by atoms with van der Waals surface area (Å²) in [6.07, 6.45) is 0.424. The molecule has 4 heteroatoms. The van der Waals surface area contributed by atoms with E-state index in [0.717, 1.165) is 5.56 Å². The van der Waals surface area contributed by atoms with Crippen LogP contribution < -0.4 is 0 Å². The van der Waals surface area contributed by atoms with Crippen LogP contribution in [0.15, 0.2) is 24.3 Å². The zero-order valence-corrected chi connectivity index (χ0v) is 7.99. The lowest BCUT2D eigenvalue weighted by Crippen LogP contribution is -2.17. The van der Waals surface area contributed by atoms with E-state index in [1.54, 1.807) is 25.1 Å². The molecule has 3 nitrogen and oxygen atoms in total. The van der Waals surface area contributed by atoms with Crippen LogP contribution >= 0.6 is 11.6 Å². The molecule has 0 saturated carbocycles. The zero-order chi connectivity index (χ0) is 9.84. The van der Waals surface area contributed by atoms with Gasteiger partial charge in [0.2, 0.25) is 6.04 Å². The molecule has 0 aromatic heterocycles. The minimum atomic E-state index is -0.557. The van der Waals surface area contributed by atoms with Gasteiger partial charge >= 0.3 is 0 Å². The molecule has 0 saturated heterocycles. The summed E-state index contributed by atoms with van der Waals surface area (Å²) in [5.74, 6) is 0. The van der Waals surface area contributed by atoms with Gasteiger partial charge in [0.15, 0.2) is 0 Å². The van der Waals surface area contributed by atoms with Gasteiger partial charge in [0.25, 0.3) is 0 Å². The van der Waals surface area contributed by atoms with Gasteiger partial charge in [-0.25, -0.2) is 0 Å². The molecule has 1 aromatic carbocycles. The van der Waals surface area contributed by atoms with Crippen molar-refractivity contribution in [2.75, 3.05) is 0 Å². The Morgan fingerprint density at radius 1 is 1.62 bits per heavy atom. The first kappa shape index (κ1) is 9.99. The summed E-state index contributed by atoms with van der Waals surface area (Å²) in [6.45, 7) is 1.58. The second-order valence-corrected chi connectivity index (χ2v) is 3.40.